The van der Waals surface area contributed by atoms with E-state index in [1.807, 2.05) is 0 Å². The van der Waals surface area contributed by atoms with Gasteiger partial charge in [-0.05, 0) is 45.2 Å². The van der Waals surface area contributed by atoms with Crippen LogP contribution in [-0.4, -0.2) is 36.4 Å². The number of hydrogen-bond acceptors (Lipinski definition) is 3. The minimum absolute atomic E-state index is 0.0437. The van der Waals surface area contributed by atoms with Crippen molar-refractivity contribution in [2.24, 2.45) is 0 Å². The molecule has 2 heterocycles. The minimum atomic E-state index is 0.0437. The maximum Gasteiger partial charge on any atom is 0.0613 e. The molecule has 76 valence electrons. The van der Waals surface area contributed by atoms with Gasteiger partial charge in [0.1, 0.15) is 0 Å². The molecular weight excluding hydrogens is 164 g/mol. The highest BCUT2D eigenvalue weighted by Crippen LogP contribution is 2.26. The van der Waals surface area contributed by atoms with Crippen LogP contribution in [0.1, 0.15) is 32.1 Å². The van der Waals surface area contributed by atoms with E-state index in [9.17, 15) is 5.11 Å². The molecule has 3 heteroatoms. The van der Waals surface area contributed by atoms with Crippen LogP contribution in [-0.2, 0) is 0 Å². The molecule has 13 heavy (non-hydrogen) atoms. The summed E-state index contributed by atoms with van der Waals surface area (Å²) in [4.78, 5) is 0. The Balaban J connectivity index is 1.88. The molecule has 2 atom stereocenters. The minimum Gasteiger partial charge on any atom is -0.394 e. The third-order valence-electron chi connectivity index (χ3n) is 3.43. The van der Waals surface area contributed by atoms with E-state index in [0.29, 0.717) is 12.6 Å². The molecule has 0 aromatic heterocycles. The van der Waals surface area contributed by atoms with E-state index in [2.05, 4.69) is 10.6 Å². The van der Waals surface area contributed by atoms with Crippen molar-refractivity contribution in [3.63, 3.8) is 0 Å². The molecular formula is C10H20N2O. The van der Waals surface area contributed by atoms with Gasteiger partial charge in [-0.2, -0.15) is 0 Å². The summed E-state index contributed by atoms with van der Waals surface area (Å²) in [5, 5.41) is 16.3. The molecule has 3 N–H and O–H groups in total. The first-order valence-electron chi connectivity index (χ1n) is 5.44. The lowest BCUT2D eigenvalue weighted by Crippen LogP contribution is -2.47. The van der Waals surface area contributed by atoms with E-state index in [4.69, 9.17) is 0 Å². The van der Waals surface area contributed by atoms with Gasteiger partial charge in [0, 0.05) is 11.6 Å². The molecule has 0 saturated carbocycles. The Hall–Kier alpha value is -0.120. The molecule has 2 saturated heterocycles. The molecule has 0 aromatic carbocycles. The van der Waals surface area contributed by atoms with E-state index in [-0.39, 0.29) is 5.54 Å². The fourth-order valence-corrected chi connectivity index (χ4v) is 2.65. The maximum absolute atomic E-state index is 9.39. The fourth-order valence-electron chi connectivity index (χ4n) is 2.65. The molecule has 0 aromatic rings. The van der Waals surface area contributed by atoms with Crippen LogP contribution in [0.5, 0.6) is 0 Å². The standard InChI is InChI=1S/C10H20N2O/c13-8-10(4-2-6-12-10)7-9-3-1-5-11-9/h9,11-13H,1-8H2. The largest absolute Gasteiger partial charge is 0.394 e. The van der Waals surface area contributed by atoms with E-state index in [0.717, 1.165) is 25.9 Å². The monoisotopic (exact) mass is 184 g/mol. The van der Waals surface area contributed by atoms with Crippen LogP contribution in [0.2, 0.25) is 0 Å². The molecule has 0 aliphatic carbocycles. The Morgan fingerprint density at radius 2 is 2.23 bits per heavy atom. The Labute approximate surface area is 79.9 Å². The summed E-state index contributed by atoms with van der Waals surface area (Å²) >= 11 is 0. The van der Waals surface area contributed by atoms with Crippen LogP contribution >= 0.6 is 0 Å². The van der Waals surface area contributed by atoms with Crippen LogP contribution in [0.3, 0.4) is 0 Å². The highest BCUT2D eigenvalue weighted by molar-refractivity contribution is 4.96. The molecule has 0 amide bonds. The van der Waals surface area contributed by atoms with E-state index < -0.39 is 0 Å². The number of nitrogens with one attached hydrogen (secondary N) is 2. The van der Waals surface area contributed by atoms with Gasteiger partial charge in [0.2, 0.25) is 0 Å². The van der Waals surface area contributed by atoms with Gasteiger partial charge in [0.05, 0.1) is 6.61 Å². The van der Waals surface area contributed by atoms with Gasteiger partial charge in [-0.1, -0.05) is 0 Å². The van der Waals surface area contributed by atoms with Crippen LogP contribution in [0.4, 0.5) is 0 Å². The molecule has 3 nitrogen and oxygen atoms in total. The predicted molar refractivity (Wildman–Crippen MR) is 52.7 cm³/mol. The van der Waals surface area contributed by atoms with Gasteiger partial charge in [-0.3, -0.25) is 0 Å². The van der Waals surface area contributed by atoms with E-state index >= 15 is 0 Å². The third-order valence-corrected chi connectivity index (χ3v) is 3.43. The highest BCUT2D eigenvalue weighted by atomic mass is 16.3. The number of hydrogen-bond donors (Lipinski definition) is 3. The van der Waals surface area contributed by atoms with E-state index in [1.165, 1.54) is 19.3 Å². The van der Waals surface area contributed by atoms with Crippen molar-refractivity contribution in [1.82, 2.24) is 10.6 Å². The maximum atomic E-state index is 9.39. The topological polar surface area (TPSA) is 44.3 Å². The van der Waals surface area contributed by atoms with Crippen molar-refractivity contribution in [1.29, 1.82) is 0 Å². The highest BCUT2D eigenvalue weighted by Gasteiger charge is 2.35. The van der Waals surface area contributed by atoms with Crippen molar-refractivity contribution in [2.75, 3.05) is 19.7 Å². The summed E-state index contributed by atoms with van der Waals surface area (Å²) < 4.78 is 0. The molecule has 0 spiro atoms. The van der Waals surface area contributed by atoms with Crippen LogP contribution in [0.25, 0.3) is 0 Å². The third kappa shape index (κ3) is 2.03. The molecule has 2 aliphatic rings. The smallest absolute Gasteiger partial charge is 0.0613 e. The average molecular weight is 184 g/mol. The number of aliphatic hydroxyl groups is 1. The number of rotatable bonds is 3. The van der Waals surface area contributed by atoms with Crippen molar-refractivity contribution in [2.45, 2.75) is 43.7 Å². The molecule has 0 radical (unpaired) electrons. The molecule has 2 rings (SSSR count). The first-order chi connectivity index (χ1) is 6.35. The SMILES string of the molecule is OCC1(CC2CCCN2)CCCN1. The quantitative estimate of drug-likeness (QED) is 0.589. The second kappa shape index (κ2) is 3.95. The Kier molecular flexibility index (Phi) is 2.86. The van der Waals surface area contributed by atoms with E-state index in [1.54, 1.807) is 0 Å². The zero-order valence-corrected chi connectivity index (χ0v) is 8.18. The molecule has 0 bridgehead atoms. The van der Waals surface area contributed by atoms with Gasteiger partial charge in [0.25, 0.3) is 0 Å². The summed E-state index contributed by atoms with van der Waals surface area (Å²) in [6.07, 6.45) is 6.04. The first kappa shape index (κ1) is 9.44. The Morgan fingerprint density at radius 1 is 1.31 bits per heavy atom. The van der Waals surface area contributed by atoms with Gasteiger partial charge < -0.3 is 15.7 Å². The normalized spacial score (nSPS) is 39.9. The van der Waals surface area contributed by atoms with Gasteiger partial charge in [-0.25, -0.2) is 0 Å². The number of aliphatic hydroxyl groups excluding tert-OH is 1. The summed E-state index contributed by atoms with van der Waals surface area (Å²) in [6.45, 7) is 2.53. The molecule has 2 aliphatic heterocycles. The van der Waals surface area contributed by atoms with Crippen molar-refractivity contribution in [3.05, 3.63) is 0 Å². The lowest BCUT2D eigenvalue weighted by atomic mass is 9.89. The molecule has 2 unspecified atom stereocenters. The van der Waals surface area contributed by atoms with Crippen LogP contribution < -0.4 is 10.6 Å². The van der Waals surface area contributed by atoms with Crippen molar-refractivity contribution < 1.29 is 5.11 Å². The summed E-state index contributed by atoms with van der Waals surface area (Å²) in [5.41, 5.74) is 0.0437. The second-order valence-electron chi connectivity index (χ2n) is 4.47. The van der Waals surface area contributed by atoms with Crippen molar-refractivity contribution >= 4 is 0 Å². The van der Waals surface area contributed by atoms with Gasteiger partial charge in [-0.15, -0.1) is 0 Å². The zero-order valence-electron chi connectivity index (χ0n) is 8.18. The second-order valence-corrected chi connectivity index (χ2v) is 4.47. The van der Waals surface area contributed by atoms with Gasteiger partial charge >= 0.3 is 0 Å². The zero-order chi connectivity index (χ0) is 9.15. The van der Waals surface area contributed by atoms with Crippen LogP contribution in [0, 0.1) is 0 Å². The lowest BCUT2D eigenvalue weighted by Gasteiger charge is -2.30. The molecule has 2 fully saturated rings. The van der Waals surface area contributed by atoms with Crippen LogP contribution in [0.15, 0.2) is 0 Å². The Morgan fingerprint density at radius 3 is 2.77 bits per heavy atom. The Bertz CT molecular complexity index is 160. The predicted octanol–water partition coefficient (Wildman–Crippen LogP) is 0.243. The van der Waals surface area contributed by atoms with Gasteiger partial charge in [0.15, 0.2) is 0 Å². The fraction of sp³-hybridized carbons (Fsp3) is 1.00. The van der Waals surface area contributed by atoms with Crippen molar-refractivity contribution in [3.8, 4) is 0 Å². The average Bonchev–Trinajstić information content (AvgIpc) is 2.77. The lowest BCUT2D eigenvalue weighted by molar-refractivity contribution is 0.158. The summed E-state index contributed by atoms with van der Waals surface area (Å²) in [7, 11) is 0. The summed E-state index contributed by atoms with van der Waals surface area (Å²) in [5.74, 6) is 0. The first-order valence-corrected chi connectivity index (χ1v) is 5.44. The summed E-state index contributed by atoms with van der Waals surface area (Å²) in [6, 6.07) is 0.637.